The van der Waals surface area contributed by atoms with Gasteiger partial charge in [0.2, 0.25) is 11.8 Å². The van der Waals surface area contributed by atoms with Gasteiger partial charge in [0.15, 0.2) is 0 Å². The van der Waals surface area contributed by atoms with Gasteiger partial charge >= 0.3 is 0 Å². The van der Waals surface area contributed by atoms with Crippen molar-refractivity contribution in [2.24, 2.45) is 11.8 Å². The molecule has 3 rings (SSSR count). The van der Waals surface area contributed by atoms with Crippen molar-refractivity contribution in [2.75, 3.05) is 40.5 Å². The second-order valence-corrected chi connectivity index (χ2v) is 8.20. The van der Waals surface area contributed by atoms with E-state index in [-0.39, 0.29) is 23.7 Å². The van der Waals surface area contributed by atoms with Gasteiger partial charge in [-0.15, -0.1) is 0 Å². The number of benzene rings is 2. The molecule has 2 atom stereocenters. The summed E-state index contributed by atoms with van der Waals surface area (Å²) < 4.78 is 21.7. The predicted molar refractivity (Wildman–Crippen MR) is 128 cm³/mol. The first-order chi connectivity index (χ1) is 16.6. The van der Waals surface area contributed by atoms with Crippen LogP contribution >= 0.6 is 0 Å². The van der Waals surface area contributed by atoms with E-state index in [0.717, 1.165) is 30.8 Å². The van der Waals surface area contributed by atoms with Gasteiger partial charge in [-0.05, 0) is 43.5 Å². The van der Waals surface area contributed by atoms with Gasteiger partial charge in [-0.1, -0.05) is 18.6 Å². The molecule has 1 fully saturated rings. The summed E-state index contributed by atoms with van der Waals surface area (Å²) in [4.78, 5) is 25.2. The lowest BCUT2D eigenvalue weighted by Crippen LogP contribution is -2.40. The van der Waals surface area contributed by atoms with E-state index in [1.165, 1.54) is 0 Å². The molecule has 2 amide bonds. The third-order valence-electron chi connectivity index (χ3n) is 5.84. The molecule has 2 aromatic carbocycles. The Bertz CT molecular complexity index is 862. The second-order valence-electron chi connectivity index (χ2n) is 8.20. The Morgan fingerprint density at radius 3 is 1.65 bits per heavy atom. The minimum Gasteiger partial charge on any atom is -0.497 e. The zero-order chi connectivity index (χ0) is 24.2. The maximum atomic E-state index is 12.6. The van der Waals surface area contributed by atoms with Gasteiger partial charge in [-0.2, -0.15) is 0 Å². The minimum atomic E-state index is -0.158. The molecule has 34 heavy (non-hydrogen) atoms. The number of carbonyl (C=O) groups is 2. The van der Waals surface area contributed by atoms with Gasteiger partial charge in [0.1, 0.15) is 36.2 Å². The van der Waals surface area contributed by atoms with Gasteiger partial charge in [-0.3, -0.25) is 9.59 Å². The fraction of sp³-hybridized carbons (Fsp3) is 0.462. The molecule has 184 valence electrons. The Hall–Kier alpha value is -3.42. The Morgan fingerprint density at radius 1 is 0.765 bits per heavy atom. The lowest BCUT2D eigenvalue weighted by atomic mass is 9.80. The van der Waals surface area contributed by atoms with Crippen LogP contribution in [0.25, 0.3) is 0 Å². The second kappa shape index (κ2) is 13.3. The monoisotopic (exact) mass is 470 g/mol. The van der Waals surface area contributed by atoms with Crippen LogP contribution in [0.5, 0.6) is 23.0 Å². The van der Waals surface area contributed by atoms with Crippen molar-refractivity contribution >= 4 is 11.8 Å². The topological polar surface area (TPSA) is 95.1 Å². The molecule has 2 N–H and O–H groups in total. The SMILES string of the molecule is COc1cccc(OCCNC(=O)C2CCCC(C(=O)NCCOc3cccc(OC)c3)C2)c1. The van der Waals surface area contributed by atoms with E-state index in [0.29, 0.717) is 44.2 Å². The summed E-state index contributed by atoms with van der Waals surface area (Å²) in [5.41, 5.74) is 0. The number of ether oxygens (including phenoxy) is 4. The molecule has 0 aliphatic heterocycles. The van der Waals surface area contributed by atoms with Crippen molar-refractivity contribution in [3.8, 4) is 23.0 Å². The molecule has 1 aliphatic rings. The predicted octanol–water partition coefficient (Wildman–Crippen LogP) is 3.20. The van der Waals surface area contributed by atoms with E-state index in [1.807, 2.05) is 36.4 Å². The molecule has 2 unspecified atom stereocenters. The molecule has 0 aromatic heterocycles. The van der Waals surface area contributed by atoms with Crippen molar-refractivity contribution in [3.05, 3.63) is 48.5 Å². The zero-order valence-corrected chi connectivity index (χ0v) is 19.9. The Morgan fingerprint density at radius 2 is 1.21 bits per heavy atom. The van der Waals surface area contributed by atoms with Crippen molar-refractivity contribution in [1.82, 2.24) is 10.6 Å². The molecule has 0 radical (unpaired) electrons. The maximum Gasteiger partial charge on any atom is 0.223 e. The first-order valence-electron chi connectivity index (χ1n) is 11.7. The van der Waals surface area contributed by atoms with Crippen LogP contribution < -0.4 is 29.6 Å². The lowest BCUT2D eigenvalue weighted by molar-refractivity contribution is -0.130. The number of methoxy groups -OCH3 is 2. The first-order valence-corrected chi connectivity index (χ1v) is 11.7. The fourth-order valence-electron chi connectivity index (χ4n) is 4.02. The fourth-order valence-corrected chi connectivity index (χ4v) is 4.02. The summed E-state index contributed by atoms with van der Waals surface area (Å²) in [6, 6.07) is 14.7. The van der Waals surface area contributed by atoms with Crippen LogP contribution in [0.2, 0.25) is 0 Å². The van der Waals surface area contributed by atoms with E-state index >= 15 is 0 Å². The average Bonchev–Trinajstić information content (AvgIpc) is 2.89. The van der Waals surface area contributed by atoms with Crippen molar-refractivity contribution in [1.29, 1.82) is 0 Å². The summed E-state index contributed by atoms with van der Waals surface area (Å²) in [7, 11) is 3.21. The number of nitrogens with one attached hydrogen (secondary N) is 2. The van der Waals surface area contributed by atoms with E-state index in [9.17, 15) is 9.59 Å². The van der Waals surface area contributed by atoms with Crippen LogP contribution in [0.15, 0.2) is 48.5 Å². The summed E-state index contributed by atoms with van der Waals surface area (Å²) >= 11 is 0. The normalized spacial score (nSPS) is 17.4. The highest BCUT2D eigenvalue weighted by molar-refractivity contribution is 5.82. The minimum absolute atomic E-state index is 0.0203. The van der Waals surface area contributed by atoms with Crippen molar-refractivity contribution in [3.63, 3.8) is 0 Å². The summed E-state index contributed by atoms with van der Waals surface area (Å²) in [5, 5.41) is 5.87. The number of amides is 2. The van der Waals surface area contributed by atoms with Crippen molar-refractivity contribution in [2.45, 2.75) is 25.7 Å². The highest BCUT2D eigenvalue weighted by Gasteiger charge is 2.30. The molecule has 0 spiro atoms. The van der Waals surface area contributed by atoms with E-state index in [2.05, 4.69) is 10.6 Å². The molecule has 0 heterocycles. The third kappa shape index (κ3) is 7.86. The van der Waals surface area contributed by atoms with Gasteiger partial charge in [0.05, 0.1) is 27.3 Å². The molecule has 8 heteroatoms. The Kier molecular flexibility index (Phi) is 9.88. The third-order valence-corrected chi connectivity index (χ3v) is 5.84. The quantitative estimate of drug-likeness (QED) is 0.463. The van der Waals surface area contributed by atoms with Crippen LogP contribution in [0.1, 0.15) is 25.7 Å². The number of carbonyl (C=O) groups excluding carboxylic acids is 2. The lowest BCUT2D eigenvalue weighted by Gasteiger charge is -2.27. The zero-order valence-electron chi connectivity index (χ0n) is 19.9. The molecule has 1 saturated carbocycles. The van der Waals surface area contributed by atoms with E-state index < -0.39 is 0 Å². The van der Waals surface area contributed by atoms with Crippen molar-refractivity contribution < 1.29 is 28.5 Å². The molecule has 1 aliphatic carbocycles. The van der Waals surface area contributed by atoms with Crippen LogP contribution in [-0.4, -0.2) is 52.3 Å². The molecular weight excluding hydrogens is 436 g/mol. The standard InChI is InChI=1S/C26H34N2O6/c1-31-21-8-4-10-23(17-21)33-14-12-27-25(29)19-6-3-7-20(16-19)26(30)28-13-15-34-24-11-5-9-22(18-24)32-2/h4-5,8-11,17-20H,3,6-7,12-16H2,1-2H3,(H,27,29)(H,28,30). The van der Waals surface area contributed by atoms with Crippen LogP contribution in [0, 0.1) is 11.8 Å². The molecule has 0 saturated heterocycles. The first kappa shape index (κ1) is 25.2. The molecule has 2 aromatic rings. The largest absolute Gasteiger partial charge is 0.497 e. The highest BCUT2D eigenvalue weighted by Crippen LogP contribution is 2.29. The van der Waals surface area contributed by atoms with E-state index in [4.69, 9.17) is 18.9 Å². The van der Waals surface area contributed by atoms with Gasteiger partial charge < -0.3 is 29.6 Å². The van der Waals surface area contributed by atoms with Crippen LogP contribution in [-0.2, 0) is 9.59 Å². The summed E-state index contributed by atoms with van der Waals surface area (Å²) in [5.74, 6) is 2.47. The van der Waals surface area contributed by atoms with Gasteiger partial charge in [0, 0.05) is 24.0 Å². The van der Waals surface area contributed by atoms with Gasteiger partial charge in [-0.25, -0.2) is 0 Å². The summed E-state index contributed by atoms with van der Waals surface area (Å²) in [6.45, 7) is 1.54. The van der Waals surface area contributed by atoms with E-state index in [1.54, 1.807) is 26.4 Å². The number of hydrogen-bond acceptors (Lipinski definition) is 6. The Labute approximate surface area is 200 Å². The summed E-state index contributed by atoms with van der Waals surface area (Å²) in [6.07, 6.45) is 3.01. The smallest absolute Gasteiger partial charge is 0.223 e. The Balaban J connectivity index is 1.33. The van der Waals surface area contributed by atoms with Crippen LogP contribution in [0.3, 0.4) is 0 Å². The number of rotatable bonds is 12. The maximum absolute atomic E-state index is 12.6. The molecular formula is C26H34N2O6. The average molecular weight is 471 g/mol. The van der Waals surface area contributed by atoms with Crippen LogP contribution in [0.4, 0.5) is 0 Å². The highest BCUT2D eigenvalue weighted by atomic mass is 16.5. The number of hydrogen-bond donors (Lipinski definition) is 2. The molecule has 8 nitrogen and oxygen atoms in total. The van der Waals surface area contributed by atoms with Gasteiger partial charge in [0.25, 0.3) is 0 Å². The molecule has 0 bridgehead atoms.